The molecule has 0 radical (unpaired) electrons. The number of hydrogen-bond acceptors (Lipinski definition) is 7. The molecule has 1 aromatic heterocycles. The molecule has 0 bridgehead atoms. The number of unbranched alkanes of at least 4 members (excludes halogenated alkanes) is 41. The summed E-state index contributed by atoms with van der Waals surface area (Å²) >= 11 is 0. The molecule has 9 heteroatoms. The Hall–Kier alpha value is -2.71. The molecule has 3 N–H and O–H groups in total. The zero-order chi connectivity index (χ0) is 51.0. The van der Waals surface area contributed by atoms with Crippen molar-refractivity contribution in [1.82, 2.24) is 10.0 Å². The Morgan fingerprint density at radius 2 is 0.729 bits per heavy atom. The molecule has 9 nitrogen and oxygen atoms in total. The summed E-state index contributed by atoms with van der Waals surface area (Å²) in [5.41, 5.74) is 0. The number of aromatic hydroxyl groups is 2. The van der Waals surface area contributed by atoms with E-state index in [9.17, 15) is 24.6 Å². The maximum atomic E-state index is 14.2. The first-order valence-electron chi connectivity index (χ1n) is 30.6. The van der Waals surface area contributed by atoms with Crippen LogP contribution in [0.25, 0.3) is 0 Å². The minimum atomic E-state index is -1.06. The Morgan fingerprint density at radius 1 is 0.443 bits per heavy atom. The maximum Gasteiger partial charge on any atom is 0.354 e. The lowest BCUT2D eigenvalue weighted by Crippen LogP contribution is -2.48. The molecule has 1 heterocycles. The zero-order valence-electron chi connectivity index (χ0n) is 46.5. The Labute approximate surface area is 431 Å². The Kier molecular flexibility index (Phi) is 45.3. The van der Waals surface area contributed by atoms with Crippen molar-refractivity contribution in [3.05, 3.63) is 12.1 Å². The second-order valence-electron chi connectivity index (χ2n) is 21.4. The van der Waals surface area contributed by atoms with Crippen molar-refractivity contribution in [2.24, 2.45) is 5.92 Å². The van der Waals surface area contributed by atoms with Gasteiger partial charge in [0.05, 0.1) is 5.92 Å². The van der Waals surface area contributed by atoms with Gasteiger partial charge in [-0.15, -0.1) is 4.73 Å². The average molecular weight is 988 g/mol. The lowest BCUT2D eigenvalue weighted by molar-refractivity contribution is -0.157. The van der Waals surface area contributed by atoms with Crippen LogP contribution in [0.15, 0.2) is 12.1 Å². The van der Waals surface area contributed by atoms with E-state index in [4.69, 9.17) is 9.57 Å². The average Bonchev–Trinajstić information content (AvgIpc) is 3.66. The lowest BCUT2D eigenvalue weighted by Gasteiger charge is -2.28. The molecule has 1 amide bonds. The van der Waals surface area contributed by atoms with E-state index >= 15 is 0 Å². The fourth-order valence-corrected chi connectivity index (χ4v) is 10.0. The van der Waals surface area contributed by atoms with Crippen molar-refractivity contribution >= 4 is 17.8 Å². The second kappa shape index (κ2) is 48.6. The number of carbonyl (C=O) groups is 3. The molecule has 1 rings (SSSR count). The first-order valence-corrected chi connectivity index (χ1v) is 30.6. The SMILES string of the molecule is CCCCCCCCCCCCCCCCCC(=O)OC(CCCCCCCCCCCCCCCCC)C(CCCCCCCCCCCCCCCC)C(=O)N[C@@H](C)C(=O)On1c(O)ccc1O. The topological polar surface area (TPSA) is 127 Å². The van der Waals surface area contributed by atoms with Crippen LogP contribution < -0.4 is 10.2 Å². The first kappa shape index (κ1) is 65.3. The quantitative estimate of drug-likeness (QED) is 0.0438. The summed E-state index contributed by atoms with van der Waals surface area (Å²) < 4.78 is 6.95. The Balaban J connectivity index is 2.79. The molecule has 2 unspecified atom stereocenters. The molecule has 0 aromatic carbocycles. The number of ether oxygens (including phenoxy) is 1. The smallest absolute Gasteiger partial charge is 0.354 e. The molecular formula is C61H114N2O7. The van der Waals surface area contributed by atoms with E-state index in [-0.39, 0.29) is 11.9 Å². The van der Waals surface area contributed by atoms with Gasteiger partial charge in [-0.2, -0.15) is 0 Å². The van der Waals surface area contributed by atoms with E-state index in [1.165, 1.54) is 244 Å². The second-order valence-corrected chi connectivity index (χ2v) is 21.4. The maximum absolute atomic E-state index is 14.2. The molecule has 0 aliphatic carbocycles. The van der Waals surface area contributed by atoms with Crippen molar-refractivity contribution in [3.63, 3.8) is 0 Å². The van der Waals surface area contributed by atoms with E-state index in [0.717, 1.165) is 57.8 Å². The van der Waals surface area contributed by atoms with Crippen LogP contribution in [-0.4, -0.2) is 44.9 Å². The molecule has 0 saturated carbocycles. The van der Waals surface area contributed by atoms with Crippen LogP contribution in [-0.2, 0) is 19.1 Å². The largest absolute Gasteiger partial charge is 0.492 e. The summed E-state index contributed by atoms with van der Waals surface area (Å²) in [6.07, 6.45) is 56.4. The molecule has 0 aliphatic rings. The van der Waals surface area contributed by atoms with E-state index in [1.54, 1.807) is 0 Å². The predicted molar refractivity (Wildman–Crippen MR) is 294 cm³/mol. The minimum Gasteiger partial charge on any atom is -0.492 e. The molecule has 410 valence electrons. The molecule has 0 spiro atoms. The van der Waals surface area contributed by atoms with E-state index in [2.05, 4.69) is 26.1 Å². The fraction of sp³-hybridized carbons (Fsp3) is 0.885. The highest BCUT2D eigenvalue weighted by Gasteiger charge is 2.33. The van der Waals surface area contributed by atoms with Gasteiger partial charge in [0, 0.05) is 18.6 Å². The van der Waals surface area contributed by atoms with E-state index in [1.807, 2.05) is 0 Å². The van der Waals surface area contributed by atoms with Crippen molar-refractivity contribution < 1.29 is 34.2 Å². The Morgan fingerprint density at radius 3 is 1.06 bits per heavy atom. The van der Waals surface area contributed by atoms with Crippen LogP contribution in [0.4, 0.5) is 0 Å². The molecule has 3 atom stereocenters. The molecule has 0 saturated heterocycles. The van der Waals surface area contributed by atoms with Crippen LogP contribution in [0.5, 0.6) is 11.8 Å². The summed E-state index contributed by atoms with van der Waals surface area (Å²) in [4.78, 5) is 46.1. The van der Waals surface area contributed by atoms with Gasteiger partial charge < -0.3 is 25.1 Å². The normalized spacial score (nSPS) is 12.8. The lowest BCUT2D eigenvalue weighted by atomic mass is 9.90. The van der Waals surface area contributed by atoms with Gasteiger partial charge in [-0.25, -0.2) is 4.79 Å². The summed E-state index contributed by atoms with van der Waals surface area (Å²) in [6.45, 7) is 8.35. The van der Waals surface area contributed by atoms with Crippen LogP contribution in [0.2, 0.25) is 0 Å². The number of carbonyl (C=O) groups excluding carboxylic acids is 3. The molecule has 0 aliphatic heterocycles. The van der Waals surface area contributed by atoms with Crippen molar-refractivity contribution in [2.45, 2.75) is 342 Å². The molecule has 0 fully saturated rings. The minimum absolute atomic E-state index is 0.231. The number of rotatable bonds is 53. The van der Waals surface area contributed by atoms with Gasteiger partial charge in [0.25, 0.3) is 0 Å². The number of nitrogens with zero attached hydrogens (tertiary/aromatic N) is 1. The number of aromatic nitrogens is 1. The van der Waals surface area contributed by atoms with Crippen molar-refractivity contribution in [1.29, 1.82) is 0 Å². The zero-order valence-corrected chi connectivity index (χ0v) is 46.5. The van der Waals surface area contributed by atoms with Crippen LogP contribution in [0, 0.1) is 5.92 Å². The third-order valence-corrected chi connectivity index (χ3v) is 14.7. The summed E-state index contributed by atoms with van der Waals surface area (Å²) in [5.74, 6) is -2.84. The summed E-state index contributed by atoms with van der Waals surface area (Å²) in [5, 5.41) is 23.0. The van der Waals surface area contributed by atoms with Crippen LogP contribution in [0.3, 0.4) is 0 Å². The van der Waals surface area contributed by atoms with Gasteiger partial charge in [-0.05, 0) is 32.6 Å². The highest BCUT2D eigenvalue weighted by molar-refractivity contribution is 5.86. The van der Waals surface area contributed by atoms with E-state index in [0.29, 0.717) is 24.0 Å². The van der Waals surface area contributed by atoms with Gasteiger partial charge in [-0.3, -0.25) is 9.59 Å². The predicted octanol–water partition coefficient (Wildman–Crippen LogP) is 18.3. The molecule has 70 heavy (non-hydrogen) atoms. The highest BCUT2D eigenvalue weighted by atomic mass is 16.7. The van der Waals surface area contributed by atoms with Crippen LogP contribution >= 0.6 is 0 Å². The molecular weight excluding hydrogens is 873 g/mol. The first-order chi connectivity index (χ1) is 34.2. The van der Waals surface area contributed by atoms with Crippen LogP contribution in [0.1, 0.15) is 329 Å². The summed E-state index contributed by atoms with van der Waals surface area (Å²) in [6, 6.07) is 1.37. The van der Waals surface area contributed by atoms with Gasteiger partial charge in [0.15, 0.2) is 0 Å². The van der Waals surface area contributed by atoms with E-state index < -0.39 is 35.8 Å². The summed E-state index contributed by atoms with van der Waals surface area (Å²) in [7, 11) is 0. The Bertz CT molecular complexity index is 1310. The standard InChI is InChI=1S/C61H114N2O7/c1-5-8-11-14-17-20-23-26-29-32-35-38-41-44-47-50-56(69-59(66)51-48-45-42-39-36-33-30-27-24-21-18-15-12-9-6-2)55(49-46-43-40-37-34-31-28-25-22-19-16-13-10-7-3)60(67)62-54(4)61(68)70-63-57(64)52-53-58(63)65/h52-56,64-65H,5-51H2,1-4H3,(H,62,67)/t54-,55?,56?/m0/s1. The molecule has 1 aromatic rings. The fourth-order valence-electron chi connectivity index (χ4n) is 10.0. The third-order valence-electron chi connectivity index (χ3n) is 14.7. The third kappa shape index (κ3) is 38.0. The van der Waals surface area contributed by atoms with Crippen molar-refractivity contribution in [3.8, 4) is 11.8 Å². The van der Waals surface area contributed by atoms with Gasteiger partial charge in [-0.1, -0.05) is 290 Å². The number of nitrogens with one attached hydrogen (secondary N) is 1. The number of esters is 1. The monoisotopic (exact) mass is 987 g/mol. The van der Waals surface area contributed by atoms with Gasteiger partial charge >= 0.3 is 11.9 Å². The highest BCUT2D eigenvalue weighted by Crippen LogP contribution is 2.26. The van der Waals surface area contributed by atoms with Crippen molar-refractivity contribution in [2.75, 3.05) is 0 Å². The number of hydrogen-bond donors (Lipinski definition) is 3. The van der Waals surface area contributed by atoms with Gasteiger partial charge in [0.1, 0.15) is 12.1 Å². The number of amides is 1. The van der Waals surface area contributed by atoms with Gasteiger partial charge in [0.2, 0.25) is 17.7 Å².